The van der Waals surface area contributed by atoms with E-state index in [9.17, 15) is 4.39 Å². The molecule has 1 aromatic heterocycles. The summed E-state index contributed by atoms with van der Waals surface area (Å²) in [6.45, 7) is 5.61. The molecule has 0 aliphatic heterocycles. The number of rotatable bonds is 6. The van der Waals surface area contributed by atoms with Crippen LogP contribution in [0, 0.1) is 5.82 Å². The van der Waals surface area contributed by atoms with E-state index in [1.54, 1.807) is 12.1 Å². The summed E-state index contributed by atoms with van der Waals surface area (Å²) in [5.74, 6) is 0.437. The van der Waals surface area contributed by atoms with Crippen LogP contribution >= 0.6 is 0 Å². The van der Waals surface area contributed by atoms with Crippen LogP contribution in [0.25, 0.3) is 0 Å². The summed E-state index contributed by atoms with van der Waals surface area (Å²) in [5, 5.41) is 3.33. The molecule has 21 heavy (non-hydrogen) atoms. The highest BCUT2D eigenvalue weighted by atomic mass is 19.1. The van der Waals surface area contributed by atoms with Crippen molar-refractivity contribution in [1.29, 1.82) is 0 Å². The van der Waals surface area contributed by atoms with Crippen LogP contribution < -0.4 is 10.2 Å². The van der Waals surface area contributed by atoms with Crippen molar-refractivity contribution in [3.63, 3.8) is 0 Å². The van der Waals surface area contributed by atoms with E-state index in [-0.39, 0.29) is 5.82 Å². The van der Waals surface area contributed by atoms with Crippen LogP contribution in [0.4, 0.5) is 10.3 Å². The van der Waals surface area contributed by atoms with Gasteiger partial charge in [-0.15, -0.1) is 0 Å². The van der Waals surface area contributed by atoms with Crippen LogP contribution in [0.3, 0.4) is 0 Å². The maximum Gasteiger partial charge on any atom is 0.225 e. The Kier molecular flexibility index (Phi) is 5.22. The fraction of sp³-hybridized carbons (Fsp3) is 0.375. The molecule has 1 aromatic carbocycles. The molecule has 4 nitrogen and oxygen atoms in total. The molecule has 1 N–H and O–H groups in total. The Morgan fingerprint density at radius 3 is 2.29 bits per heavy atom. The van der Waals surface area contributed by atoms with Crippen LogP contribution in [0.5, 0.6) is 0 Å². The molecule has 0 spiro atoms. The Balaban J connectivity index is 1.96. The van der Waals surface area contributed by atoms with Crippen LogP contribution in [-0.2, 0) is 13.1 Å². The van der Waals surface area contributed by atoms with Gasteiger partial charge in [-0.1, -0.05) is 26.0 Å². The van der Waals surface area contributed by atoms with Gasteiger partial charge in [0.1, 0.15) is 5.82 Å². The lowest BCUT2D eigenvalue weighted by molar-refractivity contribution is 0.586. The number of hydrogen-bond donors (Lipinski definition) is 1. The van der Waals surface area contributed by atoms with Crippen molar-refractivity contribution in [2.75, 3.05) is 11.9 Å². The monoisotopic (exact) mass is 288 g/mol. The standard InChI is InChI=1S/C16H21FN4/c1-12(2)18-8-14-9-19-16(20-10-14)21(3)11-13-4-6-15(17)7-5-13/h4-7,9-10,12,18H,8,11H2,1-3H3. The first-order valence-corrected chi connectivity index (χ1v) is 7.04. The highest BCUT2D eigenvalue weighted by Gasteiger charge is 2.06. The Labute approximate surface area is 125 Å². The van der Waals surface area contributed by atoms with Gasteiger partial charge >= 0.3 is 0 Å². The zero-order chi connectivity index (χ0) is 15.2. The molecule has 2 aromatic rings. The quantitative estimate of drug-likeness (QED) is 0.887. The van der Waals surface area contributed by atoms with Gasteiger partial charge in [0.25, 0.3) is 0 Å². The first-order valence-electron chi connectivity index (χ1n) is 7.04. The molecule has 0 radical (unpaired) electrons. The van der Waals surface area contributed by atoms with E-state index in [0.29, 0.717) is 18.5 Å². The van der Waals surface area contributed by atoms with Gasteiger partial charge in [0.05, 0.1) is 0 Å². The summed E-state index contributed by atoms with van der Waals surface area (Å²) in [6.07, 6.45) is 3.66. The molecular formula is C16H21FN4. The molecule has 0 bridgehead atoms. The molecule has 2 rings (SSSR count). The van der Waals surface area contributed by atoms with Crippen molar-refractivity contribution >= 4 is 5.95 Å². The van der Waals surface area contributed by atoms with Gasteiger partial charge in [-0.05, 0) is 17.7 Å². The van der Waals surface area contributed by atoms with Crippen molar-refractivity contribution in [3.05, 3.63) is 53.6 Å². The van der Waals surface area contributed by atoms with E-state index in [1.807, 2.05) is 24.3 Å². The van der Waals surface area contributed by atoms with E-state index in [0.717, 1.165) is 17.7 Å². The number of benzene rings is 1. The molecule has 5 heteroatoms. The van der Waals surface area contributed by atoms with E-state index >= 15 is 0 Å². The van der Waals surface area contributed by atoms with Gasteiger partial charge < -0.3 is 10.2 Å². The smallest absolute Gasteiger partial charge is 0.225 e. The summed E-state index contributed by atoms with van der Waals surface area (Å²) in [7, 11) is 1.92. The van der Waals surface area contributed by atoms with Crippen LogP contribution in [0.1, 0.15) is 25.0 Å². The molecule has 0 unspecified atom stereocenters. The van der Waals surface area contributed by atoms with Crippen molar-refractivity contribution in [2.45, 2.75) is 33.0 Å². The first-order chi connectivity index (χ1) is 10.0. The zero-order valence-corrected chi connectivity index (χ0v) is 12.7. The van der Waals surface area contributed by atoms with Crippen molar-refractivity contribution in [1.82, 2.24) is 15.3 Å². The highest BCUT2D eigenvalue weighted by molar-refractivity contribution is 5.31. The third-order valence-corrected chi connectivity index (χ3v) is 3.08. The largest absolute Gasteiger partial charge is 0.340 e. The average Bonchev–Trinajstić information content (AvgIpc) is 2.48. The predicted molar refractivity (Wildman–Crippen MR) is 82.5 cm³/mol. The Hall–Kier alpha value is -2.01. The number of halogens is 1. The molecular weight excluding hydrogens is 267 g/mol. The molecule has 0 saturated heterocycles. The highest BCUT2D eigenvalue weighted by Crippen LogP contribution is 2.11. The third kappa shape index (κ3) is 4.79. The number of aromatic nitrogens is 2. The minimum atomic E-state index is -0.223. The lowest BCUT2D eigenvalue weighted by Gasteiger charge is -2.17. The molecule has 112 valence electrons. The fourth-order valence-electron chi connectivity index (χ4n) is 1.89. The zero-order valence-electron chi connectivity index (χ0n) is 12.7. The van der Waals surface area contributed by atoms with Crippen molar-refractivity contribution in [2.24, 2.45) is 0 Å². The van der Waals surface area contributed by atoms with Gasteiger partial charge in [-0.3, -0.25) is 0 Å². The SMILES string of the molecule is CC(C)NCc1cnc(N(C)Cc2ccc(F)cc2)nc1. The topological polar surface area (TPSA) is 41.1 Å². The van der Waals surface area contributed by atoms with Crippen molar-refractivity contribution < 1.29 is 4.39 Å². The Bertz CT molecular complexity index is 551. The van der Waals surface area contributed by atoms with Crippen LogP contribution in [0.15, 0.2) is 36.7 Å². The second-order valence-corrected chi connectivity index (χ2v) is 5.41. The summed E-state index contributed by atoms with van der Waals surface area (Å²) in [6, 6.07) is 6.90. The minimum Gasteiger partial charge on any atom is -0.340 e. The van der Waals surface area contributed by atoms with Crippen molar-refractivity contribution in [3.8, 4) is 0 Å². The lowest BCUT2D eigenvalue weighted by Crippen LogP contribution is -2.23. The van der Waals surface area contributed by atoms with Gasteiger partial charge in [0.2, 0.25) is 5.95 Å². The molecule has 0 saturated carbocycles. The lowest BCUT2D eigenvalue weighted by atomic mass is 10.2. The second-order valence-electron chi connectivity index (χ2n) is 5.41. The van der Waals surface area contributed by atoms with Gasteiger partial charge in [-0.2, -0.15) is 0 Å². The number of hydrogen-bond acceptors (Lipinski definition) is 4. The molecule has 0 amide bonds. The Morgan fingerprint density at radius 1 is 1.10 bits per heavy atom. The summed E-state index contributed by atoms with van der Waals surface area (Å²) < 4.78 is 12.9. The second kappa shape index (κ2) is 7.13. The van der Waals surface area contributed by atoms with Gasteiger partial charge in [0, 0.05) is 44.1 Å². The third-order valence-electron chi connectivity index (χ3n) is 3.08. The Morgan fingerprint density at radius 2 is 1.71 bits per heavy atom. The summed E-state index contributed by atoms with van der Waals surface area (Å²) in [4.78, 5) is 10.7. The van der Waals surface area contributed by atoms with Crippen LogP contribution in [-0.4, -0.2) is 23.1 Å². The van der Waals surface area contributed by atoms with Crippen LogP contribution in [0.2, 0.25) is 0 Å². The van der Waals surface area contributed by atoms with E-state index in [2.05, 4.69) is 29.1 Å². The summed E-state index contributed by atoms with van der Waals surface area (Å²) in [5.41, 5.74) is 2.08. The van der Waals surface area contributed by atoms with E-state index in [1.165, 1.54) is 12.1 Å². The minimum absolute atomic E-state index is 0.223. The maximum atomic E-state index is 12.9. The average molecular weight is 288 g/mol. The molecule has 1 heterocycles. The molecule has 0 fully saturated rings. The van der Waals surface area contributed by atoms with E-state index < -0.39 is 0 Å². The molecule has 0 aliphatic carbocycles. The predicted octanol–water partition coefficient (Wildman–Crippen LogP) is 2.75. The maximum absolute atomic E-state index is 12.9. The molecule has 0 aliphatic rings. The summed E-state index contributed by atoms with van der Waals surface area (Å²) >= 11 is 0. The number of nitrogens with zero attached hydrogens (tertiary/aromatic N) is 3. The molecule has 0 atom stereocenters. The normalized spacial score (nSPS) is 10.9. The number of nitrogens with one attached hydrogen (secondary N) is 1. The number of anilines is 1. The van der Waals surface area contributed by atoms with Gasteiger partial charge in [-0.25, -0.2) is 14.4 Å². The van der Waals surface area contributed by atoms with E-state index in [4.69, 9.17) is 0 Å². The van der Waals surface area contributed by atoms with Gasteiger partial charge in [0.15, 0.2) is 0 Å². The fourth-order valence-corrected chi connectivity index (χ4v) is 1.89. The first kappa shape index (κ1) is 15.4.